The van der Waals surface area contributed by atoms with Gasteiger partial charge in [-0.05, 0) is 44.9 Å². The van der Waals surface area contributed by atoms with Crippen LogP contribution in [0.25, 0.3) is 0 Å². The van der Waals surface area contributed by atoms with Crippen molar-refractivity contribution < 1.29 is 9.53 Å². The second-order valence-corrected chi connectivity index (χ2v) is 5.34. The molecule has 1 saturated heterocycles. The van der Waals surface area contributed by atoms with Gasteiger partial charge in [-0.2, -0.15) is 0 Å². The number of hydrogen-bond acceptors (Lipinski definition) is 5. The van der Waals surface area contributed by atoms with E-state index < -0.39 is 0 Å². The molecule has 1 aliphatic rings. The van der Waals surface area contributed by atoms with Gasteiger partial charge in [-0.3, -0.25) is 14.7 Å². The van der Waals surface area contributed by atoms with Gasteiger partial charge >= 0.3 is 5.97 Å². The summed E-state index contributed by atoms with van der Waals surface area (Å²) in [6.45, 7) is 7.02. The monoisotopic (exact) mass is 291 g/mol. The fraction of sp³-hybridized carbons (Fsp3) is 0.625. The van der Waals surface area contributed by atoms with Gasteiger partial charge in [0.2, 0.25) is 0 Å². The number of carbonyl (C=O) groups is 1. The number of esters is 1. The zero-order valence-corrected chi connectivity index (χ0v) is 13.0. The van der Waals surface area contributed by atoms with Crippen molar-refractivity contribution in [1.29, 1.82) is 0 Å². The van der Waals surface area contributed by atoms with E-state index in [-0.39, 0.29) is 12.0 Å². The zero-order chi connectivity index (χ0) is 15.1. The molecule has 5 nitrogen and oxygen atoms in total. The van der Waals surface area contributed by atoms with Crippen LogP contribution in [0.15, 0.2) is 18.3 Å². The predicted molar refractivity (Wildman–Crippen MR) is 83.1 cm³/mol. The first kappa shape index (κ1) is 15.8. The number of carbonyl (C=O) groups excluding carboxylic acids is 1. The Labute approximate surface area is 126 Å². The summed E-state index contributed by atoms with van der Waals surface area (Å²) >= 11 is 0. The molecular formula is C16H25N3O2. The molecule has 116 valence electrons. The summed E-state index contributed by atoms with van der Waals surface area (Å²) in [6, 6.07) is 3.93. The first-order valence-corrected chi connectivity index (χ1v) is 7.84. The minimum atomic E-state index is -0.112. The van der Waals surface area contributed by atoms with Crippen LogP contribution in [-0.4, -0.2) is 41.6 Å². The van der Waals surface area contributed by atoms with Crippen LogP contribution in [0.2, 0.25) is 0 Å². The van der Waals surface area contributed by atoms with Crippen molar-refractivity contribution >= 4 is 11.7 Å². The second kappa shape index (κ2) is 7.98. The topological polar surface area (TPSA) is 54.5 Å². The molecule has 5 heteroatoms. The van der Waals surface area contributed by atoms with Gasteiger partial charge in [-0.15, -0.1) is 0 Å². The molecule has 1 unspecified atom stereocenters. The summed E-state index contributed by atoms with van der Waals surface area (Å²) in [6.07, 6.45) is 4.83. The predicted octanol–water partition coefficient (Wildman–Crippen LogP) is 2.43. The quantitative estimate of drug-likeness (QED) is 0.782. The first-order chi connectivity index (χ1) is 10.2. The van der Waals surface area contributed by atoms with Crippen LogP contribution >= 0.6 is 0 Å². The normalized spacial score (nSPS) is 18.7. The smallest absolute Gasteiger partial charge is 0.323 e. The highest BCUT2D eigenvalue weighted by atomic mass is 16.5. The molecule has 1 aromatic rings. The molecule has 1 N–H and O–H groups in total. The Morgan fingerprint density at radius 2 is 2.38 bits per heavy atom. The molecule has 1 atom stereocenters. The Kier molecular flexibility index (Phi) is 5.99. The van der Waals surface area contributed by atoms with Crippen molar-refractivity contribution in [2.24, 2.45) is 0 Å². The van der Waals surface area contributed by atoms with Crippen LogP contribution in [-0.2, 0) is 16.1 Å². The average Bonchev–Trinajstić information content (AvgIpc) is 2.94. The summed E-state index contributed by atoms with van der Waals surface area (Å²) < 4.78 is 5.16. The molecule has 1 aromatic heterocycles. The van der Waals surface area contributed by atoms with Crippen LogP contribution < -0.4 is 5.32 Å². The first-order valence-electron chi connectivity index (χ1n) is 7.84. The standard InChI is InChI=1S/C16H25N3O2/c1-3-8-17-13-7-9-18-14(11-13)12-19-10-5-6-15(19)16(20)21-4-2/h7,9,11,15H,3-6,8,10,12H2,1-2H3,(H,17,18). The fourth-order valence-electron chi connectivity index (χ4n) is 2.67. The summed E-state index contributed by atoms with van der Waals surface area (Å²) in [7, 11) is 0. The zero-order valence-electron chi connectivity index (χ0n) is 13.0. The lowest BCUT2D eigenvalue weighted by Crippen LogP contribution is -2.37. The number of ether oxygens (including phenoxy) is 1. The Bertz CT molecular complexity index is 465. The molecule has 21 heavy (non-hydrogen) atoms. The summed E-state index contributed by atoms with van der Waals surface area (Å²) in [5.41, 5.74) is 2.08. The number of nitrogens with one attached hydrogen (secondary N) is 1. The van der Waals surface area contributed by atoms with Crippen molar-refractivity contribution in [3.05, 3.63) is 24.0 Å². The Morgan fingerprint density at radius 1 is 1.52 bits per heavy atom. The van der Waals surface area contributed by atoms with Crippen molar-refractivity contribution in [2.75, 3.05) is 25.0 Å². The van der Waals surface area contributed by atoms with Gasteiger partial charge in [-0.25, -0.2) is 0 Å². The Balaban J connectivity index is 1.98. The van der Waals surface area contributed by atoms with E-state index in [9.17, 15) is 4.79 Å². The van der Waals surface area contributed by atoms with Gasteiger partial charge in [0.1, 0.15) is 6.04 Å². The van der Waals surface area contributed by atoms with Crippen molar-refractivity contribution in [3.63, 3.8) is 0 Å². The van der Waals surface area contributed by atoms with Gasteiger partial charge in [0.15, 0.2) is 0 Å². The Hall–Kier alpha value is -1.62. The maximum atomic E-state index is 12.0. The SMILES string of the molecule is CCCNc1ccnc(CN2CCCC2C(=O)OCC)c1. The van der Waals surface area contributed by atoms with Gasteiger partial charge in [0.05, 0.1) is 12.3 Å². The second-order valence-electron chi connectivity index (χ2n) is 5.34. The third-order valence-corrected chi connectivity index (χ3v) is 3.68. The molecule has 1 aliphatic heterocycles. The maximum Gasteiger partial charge on any atom is 0.323 e. The van der Waals surface area contributed by atoms with Crippen LogP contribution in [0.5, 0.6) is 0 Å². The lowest BCUT2D eigenvalue weighted by molar-refractivity contribution is -0.148. The number of likely N-dealkylation sites (tertiary alicyclic amines) is 1. The molecule has 0 bridgehead atoms. The lowest BCUT2D eigenvalue weighted by atomic mass is 10.2. The molecule has 0 saturated carbocycles. The highest BCUT2D eigenvalue weighted by Gasteiger charge is 2.31. The third kappa shape index (κ3) is 4.43. The van der Waals surface area contributed by atoms with E-state index in [4.69, 9.17) is 4.74 Å². The van der Waals surface area contributed by atoms with E-state index in [1.807, 2.05) is 19.2 Å². The molecule has 0 amide bonds. The van der Waals surface area contributed by atoms with E-state index in [1.165, 1.54) is 0 Å². The molecule has 1 fully saturated rings. The number of aromatic nitrogens is 1. The van der Waals surface area contributed by atoms with Crippen LogP contribution in [0.1, 0.15) is 38.8 Å². The molecule has 2 heterocycles. The molecule has 0 spiro atoms. The van der Waals surface area contributed by atoms with Gasteiger partial charge < -0.3 is 10.1 Å². The maximum absolute atomic E-state index is 12.0. The Morgan fingerprint density at radius 3 is 3.14 bits per heavy atom. The fourth-order valence-corrected chi connectivity index (χ4v) is 2.67. The highest BCUT2D eigenvalue weighted by Crippen LogP contribution is 2.21. The number of rotatable bonds is 7. The molecule has 2 rings (SSSR count). The van der Waals surface area contributed by atoms with E-state index in [1.54, 1.807) is 0 Å². The van der Waals surface area contributed by atoms with E-state index in [2.05, 4.69) is 28.2 Å². The van der Waals surface area contributed by atoms with E-state index in [0.29, 0.717) is 13.2 Å². The highest BCUT2D eigenvalue weighted by molar-refractivity contribution is 5.76. The summed E-state index contributed by atoms with van der Waals surface area (Å²) in [5, 5.41) is 3.36. The minimum absolute atomic E-state index is 0.102. The molecule has 0 aliphatic carbocycles. The van der Waals surface area contributed by atoms with E-state index >= 15 is 0 Å². The van der Waals surface area contributed by atoms with Gasteiger partial charge in [0, 0.05) is 25.0 Å². The van der Waals surface area contributed by atoms with Gasteiger partial charge in [-0.1, -0.05) is 6.92 Å². The van der Waals surface area contributed by atoms with Crippen molar-refractivity contribution in [1.82, 2.24) is 9.88 Å². The lowest BCUT2D eigenvalue weighted by Gasteiger charge is -2.22. The van der Waals surface area contributed by atoms with Crippen LogP contribution in [0, 0.1) is 0 Å². The van der Waals surface area contributed by atoms with Crippen molar-refractivity contribution in [2.45, 2.75) is 45.7 Å². The number of nitrogens with zero attached hydrogens (tertiary/aromatic N) is 2. The molecular weight excluding hydrogens is 266 g/mol. The number of hydrogen-bond donors (Lipinski definition) is 1. The van der Waals surface area contributed by atoms with Gasteiger partial charge in [0.25, 0.3) is 0 Å². The molecule has 0 radical (unpaired) electrons. The minimum Gasteiger partial charge on any atom is -0.465 e. The van der Waals surface area contributed by atoms with E-state index in [0.717, 1.165) is 43.7 Å². The largest absolute Gasteiger partial charge is 0.465 e. The van der Waals surface area contributed by atoms with Crippen molar-refractivity contribution in [3.8, 4) is 0 Å². The molecule has 0 aromatic carbocycles. The van der Waals surface area contributed by atoms with Crippen LogP contribution in [0.4, 0.5) is 5.69 Å². The summed E-state index contributed by atoms with van der Waals surface area (Å²) in [5.74, 6) is -0.102. The summed E-state index contributed by atoms with van der Waals surface area (Å²) in [4.78, 5) is 18.5. The number of anilines is 1. The number of pyridine rings is 1. The average molecular weight is 291 g/mol. The van der Waals surface area contributed by atoms with Crippen LogP contribution in [0.3, 0.4) is 0 Å². The third-order valence-electron chi connectivity index (χ3n) is 3.68.